The molecule has 2 aromatic heterocycles. The van der Waals surface area contributed by atoms with Crippen LogP contribution in [0.15, 0.2) is 47.4 Å². The van der Waals surface area contributed by atoms with Crippen molar-refractivity contribution >= 4 is 28.5 Å². The SMILES string of the molecule is Cc1ccc2c(cnn2C2CCCCO2)c1N1CCc2c(N3CCN(C(=O)OC(C)(C)C)C(CC#N)C3)nc(=O)n(-c3ccccc3C(C)C)c2C1. The lowest BCUT2D eigenvalue weighted by Crippen LogP contribution is -2.57. The number of carbonyl (C=O) groups excluding carboxylic acids is 1. The summed E-state index contributed by atoms with van der Waals surface area (Å²) < 4.78 is 15.7. The summed E-state index contributed by atoms with van der Waals surface area (Å²) in [7, 11) is 0. The normalized spacial score (nSPS) is 19.5. The lowest BCUT2D eigenvalue weighted by Gasteiger charge is -2.43. The van der Waals surface area contributed by atoms with Crippen molar-refractivity contribution < 1.29 is 14.3 Å². The maximum atomic E-state index is 14.4. The van der Waals surface area contributed by atoms with Crippen LogP contribution in [0, 0.1) is 18.3 Å². The number of ether oxygens (including phenoxy) is 2. The fourth-order valence-electron chi connectivity index (χ4n) is 8.07. The first kappa shape index (κ1) is 35.5. The van der Waals surface area contributed by atoms with Crippen molar-refractivity contribution in [3.05, 3.63) is 75.5 Å². The Morgan fingerprint density at radius 2 is 1.90 bits per heavy atom. The number of carbonyl (C=O) groups is 1. The van der Waals surface area contributed by atoms with Crippen LogP contribution in [0.3, 0.4) is 0 Å². The highest BCUT2D eigenvalue weighted by atomic mass is 16.6. The molecule has 5 heterocycles. The molecular formula is C40H50N8O4. The Morgan fingerprint density at radius 1 is 1.10 bits per heavy atom. The van der Waals surface area contributed by atoms with E-state index >= 15 is 0 Å². The Labute approximate surface area is 305 Å². The predicted molar refractivity (Wildman–Crippen MR) is 201 cm³/mol. The number of amides is 1. The summed E-state index contributed by atoms with van der Waals surface area (Å²) in [4.78, 5) is 38.5. The molecule has 3 aliphatic rings. The molecule has 52 heavy (non-hydrogen) atoms. The number of rotatable bonds is 6. The van der Waals surface area contributed by atoms with Gasteiger partial charge in [-0.15, -0.1) is 0 Å². The van der Waals surface area contributed by atoms with E-state index in [0.29, 0.717) is 38.4 Å². The number of piperazine rings is 1. The predicted octanol–water partition coefficient (Wildman–Crippen LogP) is 6.62. The van der Waals surface area contributed by atoms with Gasteiger partial charge in [0, 0.05) is 43.7 Å². The summed E-state index contributed by atoms with van der Waals surface area (Å²) >= 11 is 0. The van der Waals surface area contributed by atoms with E-state index in [2.05, 4.69) is 54.8 Å². The molecule has 0 aliphatic carbocycles. The van der Waals surface area contributed by atoms with Crippen LogP contribution in [0.2, 0.25) is 0 Å². The minimum absolute atomic E-state index is 0.0733. The van der Waals surface area contributed by atoms with Gasteiger partial charge in [0.15, 0.2) is 6.23 Å². The molecule has 0 N–H and O–H groups in total. The van der Waals surface area contributed by atoms with Gasteiger partial charge in [-0.3, -0.25) is 4.57 Å². The number of hydrogen-bond donors (Lipinski definition) is 0. The average Bonchev–Trinajstić information content (AvgIpc) is 3.55. The van der Waals surface area contributed by atoms with Crippen molar-refractivity contribution in [2.45, 2.75) is 104 Å². The molecular weight excluding hydrogens is 656 g/mol. The zero-order valence-corrected chi connectivity index (χ0v) is 31.3. The van der Waals surface area contributed by atoms with Gasteiger partial charge in [0.25, 0.3) is 0 Å². The molecule has 274 valence electrons. The van der Waals surface area contributed by atoms with Crippen LogP contribution in [-0.2, 0) is 22.4 Å². The zero-order chi connectivity index (χ0) is 36.7. The number of para-hydroxylation sites is 1. The third-order valence-corrected chi connectivity index (χ3v) is 10.5. The van der Waals surface area contributed by atoms with Crippen molar-refractivity contribution in [1.29, 1.82) is 5.26 Å². The monoisotopic (exact) mass is 706 g/mol. The van der Waals surface area contributed by atoms with Gasteiger partial charge in [-0.05, 0) is 82.6 Å². The standard InChI is InChI=1S/C40H50N8O4/c1-26(2)29-11-7-8-12-32(29)47-34-25-44(36-27(3)14-15-33-31(36)23-42-48(33)35-13-9-10-22-51-35)19-17-30(34)37(43-38(47)49)45-20-21-46(28(24-45)16-18-41)39(50)52-40(4,5)6/h7-8,11-12,14-15,23,26,28,35H,9-10,13,16-17,19-22,24-25H2,1-6H3. The third-order valence-electron chi connectivity index (χ3n) is 10.5. The van der Waals surface area contributed by atoms with Gasteiger partial charge in [0.2, 0.25) is 0 Å². The van der Waals surface area contributed by atoms with E-state index in [-0.39, 0.29) is 24.3 Å². The Bertz CT molecular complexity index is 2070. The number of benzene rings is 2. The second-order valence-electron chi connectivity index (χ2n) is 15.6. The molecule has 0 spiro atoms. The van der Waals surface area contributed by atoms with Crippen molar-refractivity contribution in [1.82, 2.24) is 24.2 Å². The Balaban J connectivity index is 1.31. The molecule has 0 radical (unpaired) electrons. The van der Waals surface area contributed by atoms with E-state index in [4.69, 9.17) is 19.6 Å². The van der Waals surface area contributed by atoms with Crippen molar-refractivity contribution in [3.8, 4) is 11.8 Å². The van der Waals surface area contributed by atoms with Crippen LogP contribution in [0.25, 0.3) is 16.6 Å². The summed E-state index contributed by atoms with van der Waals surface area (Å²) in [5, 5.41) is 15.7. The van der Waals surface area contributed by atoms with Crippen LogP contribution < -0.4 is 15.5 Å². The van der Waals surface area contributed by atoms with Gasteiger partial charge in [0.1, 0.15) is 11.4 Å². The molecule has 12 heteroatoms. The number of anilines is 2. The molecule has 0 bridgehead atoms. The highest BCUT2D eigenvalue weighted by Crippen LogP contribution is 2.38. The van der Waals surface area contributed by atoms with E-state index in [1.54, 1.807) is 4.90 Å². The summed E-state index contributed by atoms with van der Waals surface area (Å²) in [6.07, 6.45) is 5.40. The van der Waals surface area contributed by atoms with Gasteiger partial charge >= 0.3 is 11.8 Å². The molecule has 1 amide bonds. The molecule has 3 aliphatic heterocycles. The van der Waals surface area contributed by atoms with Crippen LogP contribution in [0.5, 0.6) is 0 Å². The molecule has 2 atom stereocenters. The molecule has 2 fully saturated rings. The fourth-order valence-corrected chi connectivity index (χ4v) is 8.07. The minimum Gasteiger partial charge on any atom is -0.444 e. The first-order chi connectivity index (χ1) is 24.9. The summed E-state index contributed by atoms with van der Waals surface area (Å²) in [5.74, 6) is 0.830. The number of nitrogens with zero attached hydrogens (tertiary/aromatic N) is 8. The van der Waals surface area contributed by atoms with Gasteiger partial charge in [-0.1, -0.05) is 38.1 Å². The van der Waals surface area contributed by atoms with Gasteiger partial charge in [-0.2, -0.15) is 15.3 Å². The van der Waals surface area contributed by atoms with Crippen LogP contribution in [0.4, 0.5) is 16.3 Å². The van der Waals surface area contributed by atoms with Crippen molar-refractivity contribution in [2.75, 3.05) is 42.6 Å². The van der Waals surface area contributed by atoms with Crippen molar-refractivity contribution in [3.63, 3.8) is 0 Å². The molecule has 0 saturated carbocycles. The molecule has 2 saturated heterocycles. The molecule has 2 unspecified atom stereocenters. The van der Waals surface area contributed by atoms with Gasteiger partial charge in [-0.25, -0.2) is 14.3 Å². The summed E-state index contributed by atoms with van der Waals surface area (Å²) in [5.41, 5.74) is 6.14. The quantitative estimate of drug-likeness (QED) is 0.218. The summed E-state index contributed by atoms with van der Waals surface area (Å²) in [6, 6.07) is 14.2. The fraction of sp³-hybridized carbons (Fsp3) is 0.525. The number of nitriles is 1. The molecule has 2 aromatic carbocycles. The van der Waals surface area contributed by atoms with Gasteiger partial charge < -0.3 is 24.2 Å². The topological polar surface area (TPSA) is 122 Å². The first-order valence-electron chi connectivity index (χ1n) is 18.6. The Kier molecular flexibility index (Phi) is 9.74. The smallest absolute Gasteiger partial charge is 0.410 e. The third kappa shape index (κ3) is 6.74. The highest BCUT2D eigenvalue weighted by molar-refractivity contribution is 5.94. The lowest BCUT2D eigenvalue weighted by atomic mass is 9.98. The second-order valence-corrected chi connectivity index (χ2v) is 15.6. The zero-order valence-electron chi connectivity index (χ0n) is 31.3. The molecule has 7 rings (SSSR count). The molecule has 4 aromatic rings. The maximum absolute atomic E-state index is 14.4. The van der Waals surface area contributed by atoms with E-state index in [9.17, 15) is 14.9 Å². The lowest BCUT2D eigenvalue weighted by molar-refractivity contribution is -0.0366. The van der Waals surface area contributed by atoms with Crippen LogP contribution >= 0.6 is 0 Å². The van der Waals surface area contributed by atoms with E-state index in [0.717, 1.165) is 77.1 Å². The van der Waals surface area contributed by atoms with Gasteiger partial charge in [0.05, 0.1) is 53.9 Å². The van der Waals surface area contributed by atoms with Crippen molar-refractivity contribution in [2.24, 2.45) is 0 Å². The van der Waals surface area contributed by atoms with Crippen LogP contribution in [-0.4, -0.2) is 74.8 Å². The number of fused-ring (bicyclic) bond motifs is 2. The maximum Gasteiger partial charge on any atom is 0.410 e. The highest BCUT2D eigenvalue weighted by Gasteiger charge is 2.37. The Morgan fingerprint density at radius 3 is 2.63 bits per heavy atom. The molecule has 12 nitrogen and oxygen atoms in total. The Hall–Kier alpha value is -4.89. The van der Waals surface area contributed by atoms with Crippen LogP contribution in [0.1, 0.15) is 94.8 Å². The second kappa shape index (κ2) is 14.3. The number of hydrogen-bond acceptors (Lipinski definition) is 9. The van der Waals surface area contributed by atoms with E-state index in [1.165, 1.54) is 0 Å². The first-order valence-corrected chi connectivity index (χ1v) is 18.6. The number of aryl methyl sites for hydroxylation is 1. The average molecular weight is 707 g/mol. The number of aromatic nitrogens is 4. The van der Waals surface area contributed by atoms with E-state index < -0.39 is 17.7 Å². The van der Waals surface area contributed by atoms with E-state index in [1.807, 2.05) is 54.4 Å². The summed E-state index contributed by atoms with van der Waals surface area (Å²) in [6.45, 7) is 15.1. The largest absolute Gasteiger partial charge is 0.444 e. The minimum atomic E-state index is -0.653.